The number of carbonyl (C=O) groups is 1. The second-order valence-corrected chi connectivity index (χ2v) is 8.04. The lowest BCUT2D eigenvalue weighted by Gasteiger charge is -2.13. The van der Waals surface area contributed by atoms with Gasteiger partial charge in [0.05, 0.1) is 0 Å². The Hall–Kier alpha value is -4.07. The largest absolute Gasteiger partial charge is 0.488 e. The van der Waals surface area contributed by atoms with Gasteiger partial charge in [0, 0.05) is 16.3 Å². The molecule has 4 aromatic rings. The zero-order valence-corrected chi connectivity index (χ0v) is 18.8. The fourth-order valence-corrected chi connectivity index (χ4v) is 3.68. The van der Waals surface area contributed by atoms with E-state index in [1.54, 1.807) is 24.3 Å². The van der Waals surface area contributed by atoms with E-state index in [4.69, 9.17) is 16.3 Å². The average Bonchev–Trinajstić information content (AvgIpc) is 2.83. The topological polar surface area (TPSA) is 62.1 Å². The molecule has 162 valence electrons. The SMILES string of the molecule is Cc1ccc(NC(=O)/C(C#N)=C/c2c(OCc3cccc(Cl)c3)ccc3ccccc23)cc1. The third-order valence-corrected chi connectivity index (χ3v) is 5.41. The smallest absolute Gasteiger partial charge is 0.266 e. The van der Waals surface area contributed by atoms with Crippen molar-refractivity contribution < 1.29 is 9.53 Å². The fraction of sp³-hybridized carbons (Fsp3) is 0.0714. The maximum atomic E-state index is 12.8. The van der Waals surface area contributed by atoms with E-state index in [0.717, 1.165) is 21.9 Å². The van der Waals surface area contributed by atoms with Crippen LogP contribution < -0.4 is 10.1 Å². The third kappa shape index (κ3) is 5.41. The first-order valence-corrected chi connectivity index (χ1v) is 10.8. The molecule has 4 aromatic carbocycles. The summed E-state index contributed by atoms with van der Waals surface area (Å²) in [6, 6.07) is 28.5. The number of hydrogen-bond acceptors (Lipinski definition) is 3. The first-order chi connectivity index (χ1) is 16.0. The average molecular weight is 453 g/mol. The number of rotatable bonds is 6. The van der Waals surface area contributed by atoms with Crippen LogP contribution in [0, 0.1) is 18.3 Å². The molecule has 0 spiro atoms. The number of hydrogen-bond donors (Lipinski definition) is 1. The molecule has 0 saturated heterocycles. The molecule has 0 fully saturated rings. The number of nitrogens with one attached hydrogen (secondary N) is 1. The van der Waals surface area contributed by atoms with Crippen LogP contribution in [0.3, 0.4) is 0 Å². The van der Waals surface area contributed by atoms with Gasteiger partial charge in [-0.15, -0.1) is 0 Å². The highest BCUT2D eigenvalue weighted by Crippen LogP contribution is 2.31. The first kappa shape index (κ1) is 22.1. The number of benzene rings is 4. The highest BCUT2D eigenvalue weighted by molar-refractivity contribution is 6.30. The zero-order valence-electron chi connectivity index (χ0n) is 18.0. The number of anilines is 1. The summed E-state index contributed by atoms with van der Waals surface area (Å²) in [5.74, 6) is 0.0969. The zero-order chi connectivity index (χ0) is 23.2. The van der Waals surface area contributed by atoms with Crippen molar-refractivity contribution in [3.8, 4) is 11.8 Å². The van der Waals surface area contributed by atoms with Crippen molar-refractivity contribution in [1.29, 1.82) is 5.26 Å². The molecule has 5 heteroatoms. The number of amides is 1. The summed E-state index contributed by atoms with van der Waals surface area (Å²) in [6.45, 7) is 2.27. The molecule has 4 nitrogen and oxygen atoms in total. The second-order valence-electron chi connectivity index (χ2n) is 7.61. The minimum atomic E-state index is -0.477. The van der Waals surface area contributed by atoms with Crippen molar-refractivity contribution in [2.75, 3.05) is 5.32 Å². The predicted octanol–water partition coefficient (Wildman–Crippen LogP) is 6.93. The van der Waals surface area contributed by atoms with Crippen molar-refractivity contribution >= 4 is 40.0 Å². The number of ether oxygens (including phenoxy) is 1. The summed E-state index contributed by atoms with van der Waals surface area (Å²) in [4.78, 5) is 12.8. The summed E-state index contributed by atoms with van der Waals surface area (Å²) in [5, 5.41) is 15.0. The molecule has 1 N–H and O–H groups in total. The minimum Gasteiger partial charge on any atom is -0.488 e. The molecule has 4 rings (SSSR count). The molecule has 0 atom stereocenters. The van der Waals surface area contributed by atoms with Gasteiger partial charge in [0.1, 0.15) is 24.0 Å². The molecular formula is C28H21ClN2O2. The van der Waals surface area contributed by atoms with E-state index in [2.05, 4.69) is 5.32 Å². The normalized spacial score (nSPS) is 11.1. The molecule has 0 aliphatic carbocycles. The number of nitriles is 1. The third-order valence-electron chi connectivity index (χ3n) is 5.18. The maximum absolute atomic E-state index is 12.8. The van der Waals surface area contributed by atoms with E-state index in [1.165, 1.54) is 0 Å². The maximum Gasteiger partial charge on any atom is 0.266 e. The minimum absolute atomic E-state index is 0.0143. The molecule has 0 unspecified atom stereocenters. The van der Waals surface area contributed by atoms with Gasteiger partial charge < -0.3 is 10.1 Å². The summed E-state index contributed by atoms with van der Waals surface area (Å²) in [7, 11) is 0. The Balaban J connectivity index is 1.69. The molecular weight excluding hydrogens is 432 g/mol. The van der Waals surface area contributed by atoms with Crippen LogP contribution in [0.4, 0.5) is 5.69 Å². The van der Waals surface area contributed by atoms with Gasteiger partial charge in [-0.3, -0.25) is 4.79 Å². The Kier molecular flexibility index (Phi) is 6.73. The van der Waals surface area contributed by atoms with Gasteiger partial charge in [-0.05, 0) is 59.7 Å². The molecule has 0 bridgehead atoms. The molecule has 0 aliphatic rings. The van der Waals surface area contributed by atoms with Gasteiger partial charge in [-0.25, -0.2) is 0 Å². The summed E-state index contributed by atoms with van der Waals surface area (Å²) >= 11 is 6.09. The van der Waals surface area contributed by atoms with Crippen LogP contribution in [0.15, 0.2) is 90.5 Å². The Morgan fingerprint density at radius 1 is 1.03 bits per heavy atom. The van der Waals surface area contributed by atoms with E-state index in [-0.39, 0.29) is 5.57 Å². The van der Waals surface area contributed by atoms with Gasteiger partial charge in [-0.1, -0.05) is 71.8 Å². The Morgan fingerprint density at radius 3 is 2.58 bits per heavy atom. The summed E-state index contributed by atoms with van der Waals surface area (Å²) in [6.07, 6.45) is 1.58. The lowest BCUT2D eigenvalue weighted by atomic mass is 10.0. The number of fused-ring (bicyclic) bond motifs is 1. The Labute approximate surface area is 197 Å². The Bertz CT molecular complexity index is 1390. The lowest BCUT2D eigenvalue weighted by Crippen LogP contribution is -2.13. The first-order valence-electron chi connectivity index (χ1n) is 10.4. The van der Waals surface area contributed by atoms with Crippen LogP contribution in [0.5, 0.6) is 5.75 Å². The van der Waals surface area contributed by atoms with Gasteiger partial charge in [0.2, 0.25) is 0 Å². The second kappa shape index (κ2) is 10.0. The number of carbonyl (C=O) groups excluding carboxylic acids is 1. The monoisotopic (exact) mass is 452 g/mol. The van der Waals surface area contributed by atoms with Crippen LogP contribution in [0.1, 0.15) is 16.7 Å². The standard InChI is InChI=1S/C28H21ClN2O2/c1-19-9-12-24(13-10-19)31-28(32)22(17-30)16-26-25-8-3-2-6-21(25)11-14-27(26)33-18-20-5-4-7-23(29)15-20/h2-16H,18H2,1H3,(H,31,32)/b22-16+. The highest BCUT2D eigenvalue weighted by Gasteiger charge is 2.14. The van der Waals surface area contributed by atoms with Gasteiger partial charge in [0.25, 0.3) is 5.91 Å². The van der Waals surface area contributed by atoms with Crippen LogP contribution in [0.2, 0.25) is 5.02 Å². The highest BCUT2D eigenvalue weighted by atomic mass is 35.5. The molecule has 0 saturated carbocycles. The molecule has 0 aromatic heterocycles. The van der Waals surface area contributed by atoms with E-state index in [0.29, 0.717) is 28.6 Å². The van der Waals surface area contributed by atoms with Crippen molar-refractivity contribution in [2.24, 2.45) is 0 Å². The van der Waals surface area contributed by atoms with E-state index >= 15 is 0 Å². The molecule has 0 heterocycles. The van der Waals surface area contributed by atoms with Gasteiger partial charge >= 0.3 is 0 Å². The van der Waals surface area contributed by atoms with Crippen molar-refractivity contribution in [3.05, 3.63) is 112 Å². The molecule has 33 heavy (non-hydrogen) atoms. The number of aryl methyl sites for hydroxylation is 1. The molecule has 0 radical (unpaired) electrons. The van der Waals surface area contributed by atoms with E-state index < -0.39 is 5.91 Å². The van der Waals surface area contributed by atoms with Gasteiger partial charge in [-0.2, -0.15) is 5.26 Å². The van der Waals surface area contributed by atoms with E-state index in [9.17, 15) is 10.1 Å². The lowest BCUT2D eigenvalue weighted by molar-refractivity contribution is -0.112. The van der Waals surface area contributed by atoms with Crippen LogP contribution in [-0.4, -0.2) is 5.91 Å². The predicted molar refractivity (Wildman–Crippen MR) is 133 cm³/mol. The summed E-state index contributed by atoms with van der Waals surface area (Å²) in [5.41, 5.74) is 3.29. The van der Waals surface area contributed by atoms with Crippen LogP contribution in [-0.2, 0) is 11.4 Å². The Morgan fingerprint density at radius 2 is 1.82 bits per heavy atom. The molecule has 0 aliphatic heterocycles. The van der Waals surface area contributed by atoms with Crippen molar-refractivity contribution in [2.45, 2.75) is 13.5 Å². The fourth-order valence-electron chi connectivity index (χ4n) is 3.47. The summed E-state index contributed by atoms with van der Waals surface area (Å²) < 4.78 is 6.10. The van der Waals surface area contributed by atoms with Crippen molar-refractivity contribution in [1.82, 2.24) is 0 Å². The van der Waals surface area contributed by atoms with Crippen LogP contribution >= 0.6 is 11.6 Å². The van der Waals surface area contributed by atoms with Crippen molar-refractivity contribution in [3.63, 3.8) is 0 Å². The number of halogens is 1. The quantitative estimate of drug-likeness (QED) is 0.255. The van der Waals surface area contributed by atoms with Crippen LogP contribution in [0.25, 0.3) is 16.8 Å². The number of nitrogens with zero attached hydrogens (tertiary/aromatic N) is 1. The van der Waals surface area contributed by atoms with Gasteiger partial charge in [0.15, 0.2) is 0 Å². The molecule has 1 amide bonds. The van der Waals surface area contributed by atoms with E-state index in [1.807, 2.05) is 79.7 Å².